The van der Waals surface area contributed by atoms with Gasteiger partial charge in [-0.25, -0.2) is 0 Å². The normalized spacial score (nSPS) is 28.3. The minimum atomic E-state index is -0.380. The van der Waals surface area contributed by atoms with Gasteiger partial charge in [-0.2, -0.15) is 5.26 Å². The Kier molecular flexibility index (Phi) is 9.10. The van der Waals surface area contributed by atoms with Crippen molar-refractivity contribution in [1.82, 2.24) is 20.0 Å². The number of nitrogens with zero attached hydrogens (tertiary/aromatic N) is 5. The summed E-state index contributed by atoms with van der Waals surface area (Å²) in [5, 5.41) is 13.3. The minimum absolute atomic E-state index is 0.0674. The van der Waals surface area contributed by atoms with Gasteiger partial charge >= 0.3 is 0 Å². The molecule has 9 heteroatoms. The number of nitrogens with one attached hydrogen (secondary N) is 1. The Morgan fingerprint density at radius 2 is 1.61 bits per heavy atom. The van der Waals surface area contributed by atoms with Crippen LogP contribution < -0.4 is 10.2 Å². The van der Waals surface area contributed by atoms with Gasteiger partial charge in [0.25, 0.3) is 0 Å². The summed E-state index contributed by atoms with van der Waals surface area (Å²) in [7, 11) is 0. The van der Waals surface area contributed by atoms with E-state index < -0.39 is 0 Å². The lowest BCUT2D eigenvalue weighted by Crippen LogP contribution is -2.56. The van der Waals surface area contributed by atoms with Crippen LogP contribution in [0, 0.1) is 11.3 Å². The monoisotopic (exact) mass is 626 g/mol. The summed E-state index contributed by atoms with van der Waals surface area (Å²) in [6, 6.07) is 8.01. The number of benzene rings is 1. The van der Waals surface area contributed by atoms with Crippen LogP contribution in [-0.4, -0.2) is 124 Å². The Morgan fingerprint density at radius 3 is 2.22 bits per heavy atom. The van der Waals surface area contributed by atoms with Crippen LogP contribution in [0.1, 0.15) is 55.1 Å². The zero-order valence-corrected chi connectivity index (χ0v) is 27.9. The highest BCUT2D eigenvalue weighted by atomic mass is 16.5. The number of allylic oxidation sites excluding steroid dienone is 5. The molecule has 1 aromatic carbocycles. The van der Waals surface area contributed by atoms with Gasteiger partial charge < -0.3 is 24.6 Å². The quantitative estimate of drug-likeness (QED) is 0.491. The fourth-order valence-corrected chi connectivity index (χ4v) is 8.10. The molecule has 4 saturated heterocycles. The van der Waals surface area contributed by atoms with Gasteiger partial charge in [-0.05, 0) is 68.1 Å². The molecule has 0 aromatic heterocycles. The lowest BCUT2D eigenvalue weighted by atomic mass is 9.69. The highest BCUT2D eigenvalue weighted by Crippen LogP contribution is 2.44. The second-order valence-corrected chi connectivity index (χ2v) is 14.5. The number of Topliss-reactive ketones (excluding diaryl/α,β-unsaturated/α-hetero) is 1. The molecule has 1 aromatic rings. The van der Waals surface area contributed by atoms with E-state index in [2.05, 4.69) is 63.9 Å². The Morgan fingerprint density at radius 1 is 0.957 bits per heavy atom. The Hall–Kier alpha value is -3.00. The summed E-state index contributed by atoms with van der Waals surface area (Å²) in [6.45, 7) is 19.7. The molecule has 0 spiro atoms. The van der Waals surface area contributed by atoms with Crippen LogP contribution in [0.2, 0.25) is 0 Å². The topological polar surface area (TPSA) is 84.3 Å². The molecule has 1 N–H and O–H groups in total. The first-order valence-corrected chi connectivity index (χ1v) is 17.4. The van der Waals surface area contributed by atoms with Crippen molar-refractivity contribution in [3.05, 3.63) is 63.9 Å². The van der Waals surface area contributed by atoms with E-state index in [1.165, 1.54) is 11.3 Å². The maximum atomic E-state index is 14.3. The summed E-state index contributed by atoms with van der Waals surface area (Å²) in [6.07, 6.45) is 8.33. The van der Waals surface area contributed by atoms with E-state index in [1.807, 2.05) is 18.2 Å². The molecule has 46 heavy (non-hydrogen) atoms. The molecule has 1 unspecified atom stereocenters. The maximum absolute atomic E-state index is 14.3. The second-order valence-electron chi connectivity index (χ2n) is 14.5. The third kappa shape index (κ3) is 6.18. The van der Waals surface area contributed by atoms with E-state index in [0.29, 0.717) is 24.1 Å². The number of hydrogen-bond donors (Lipinski definition) is 1. The van der Waals surface area contributed by atoms with Crippen LogP contribution in [0.25, 0.3) is 0 Å². The molecule has 246 valence electrons. The molecular weight excluding hydrogens is 576 g/mol. The van der Waals surface area contributed by atoms with Crippen molar-refractivity contribution >= 4 is 11.5 Å². The van der Waals surface area contributed by atoms with E-state index >= 15 is 0 Å². The van der Waals surface area contributed by atoms with Gasteiger partial charge in [0, 0.05) is 91.9 Å². The highest BCUT2D eigenvalue weighted by molar-refractivity contribution is 6.12. The number of aryl methyl sites for hydroxylation is 1. The van der Waals surface area contributed by atoms with Gasteiger partial charge in [0.1, 0.15) is 0 Å². The Bertz CT molecular complexity index is 1450. The molecule has 1 atom stereocenters. The number of hydrogen-bond acceptors (Lipinski definition) is 9. The molecule has 1 aliphatic carbocycles. The molecule has 0 radical (unpaired) electrons. The number of ketones is 1. The van der Waals surface area contributed by atoms with Crippen LogP contribution in [-0.2, 0) is 21.3 Å². The highest BCUT2D eigenvalue weighted by Gasteiger charge is 2.41. The number of ether oxygens (including phenoxy) is 2. The molecule has 7 rings (SSSR count). The molecule has 5 heterocycles. The first-order valence-electron chi connectivity index (χ1n) is 17.4. The van der Waals surface area contributed by atoms with Crippen LogP contribution >= 0.6 is 0 Å². The second kappa shape index (κ2) is 13.2. The van der Waals surface area contributed by atoms with E-state index in [4.69, 9.17) is 9.47 Å². The molecule has 0 bridgehead atoms. The standard InChI is InChI=1S/C37H50N6O3/c1-26-18-27(21-38)6-4-8-31-35(44)32-19-28(7-5-9-40-10-12-41(13-11-40)29-22-45-23-29)34(20-33(32)37(2,3)36(31)39-26)43-16-14-42(15-17-43)30-24-46-25-30/h4,6,18-20,26,29-30,39H,5,7-17,22-25H2,1-3H3/b6-4-,27-18+. The number of carbonyl (C=O) groups is 1. The average molecular weight is 627 g/mol. The van der Waals surface area contributed by atoms with Crippen molar-refractivity contribution in [2.75, 3.05) is 90.2 Å². The van der Waals surface area contributed by atoms with Gasteiger partial charge in [-0.15, -0.1) is 0 Å². The number of nitriles is 1. The predicted octanol–water partition coefficient (Wildman–Crippen LogP) is 3.27. The molecule has 0 amide bonds. The first kappa shape index (κ1) is 31.6. The lowest BCUT2D eigenvalue weighted by molar-refractivity contribution is -0.0768. The van der Waals surface area contributed by atoms with Gasteiger partial charge in [0.15, 0.2) is 5.78 Å². The zero-order valence-electron chi connectivity index (χ0n) is 27.9. The van der Waals surface area contributed by atoms with Crippen LogP contribution in [0.5, 0.6) is 0 Å². The number of carbonyl (C=O) groups excluding carboxylic acids is 1. The molecular formula is C37H50N6O3. The van der Waals surface area contributed by atoms with Crippen molar-refractivity contribution < 1.29 is 14.3 Å². The summed E-state index contributed by atoms with van der Waals surface area (Å²) < 4.78 is 10.9. The van der Waals surface area contributed by atoms with Crippen molar-refractivity contribution in [2.45, 2.75) is 63.6 Å². The van der Waals surface area contributed by atoms with Crippen molar-refractivity contribution in [1.29, 1.82) is 5.26 Å². The molecule has 5 aliphatic heterocycles. The Labute approximate surface area is 274 Å². The number of anilines is 1. The van der Waals surface area contributed by atoms with E-state index in [1.54, 1.807) is 0 Å². The van der Waals surface area contributed by atoms with Crippen molar-refractivity contribution in [3.63, 3.8) is 0 Å². The minimum Gasteiger partial charge on any atom is -0.381 e. The van der Waals surface area contributed by atoms with Gasteiger partial charge in [-0.1, -0.05) is 19.9 Å². The van der Waals surface area contributed by atoms with Gasteiger partial charge in [0.05, 0.1) is 44.6 Å². The van der Waals surface area contributed by atoms with E-state index in [-0.39, 0.29) is 17.2 Å². The summed E-state index contributed by atoms with van der Waals surface area (Å²) in [4.78, 5) is 24.7. The smallest absolute Gasteiger partial charge is 0.191 e. The lowest BCUT2D eigenvalue weighted by Gasteiger charge is -2.44. The van der Waals surface area contributed by atoms with Gasteiger partial charge in [-0.3, -0.25) is 14.6 Å². The SMILES string of the molecule is CC1/C=C(C#N)\C=C/CC2=C(N1)C(C)(C)c1cc(N3CCN(C4COC4)CC3)c(CCCN3CCN(C4COC4)CC3)cc1C2=O. The number of rotatable bonds is 7. The van der Waals surface area contributed by atoms with E-state index in [0.717, 1.165) is 121 Å². The van der Waals surface area contributed by atoms with Crippen molar-refractivity contribution in [3.8, 4) is 6.07 Å². The summed E-state index contributed by atoms with van der Waals surface area (Å²) >= 11 is 0. The number of piperazine rings is 2. The average Bonchev–Trinajstić information content (AvgIpc) is 3.08. The summed E-state index contributed by atoms with van der Waals surface area (Å²) in [5.74, 6) is 0.118. The fraction of sp³-hybridized carbons (Fsp3) is 0.622. The largest absolute Gasteiger partial charge is 0.381 e. The molecule has 6 aliphatic rings. The number of fused-ring (bicyclic) bond motifs is 1. The summed E-state index contributed by atoms with van der Waals surface area (Å²) in [5.41, 5.74) is 6.59. The maximum Gasteiger partial charge on any atom is 0.191 e. The van der Waals surface area contributed by atoms with Crippen LogP contribution in [0.3, 0.4) is 0 Å². The van der Waals surface area contributed by atoms with Crippen LogP contribution in [0.15, 0.2) is 47.2 Å². The third-order valence-electron chi connectivity index (χ3n) is 11.1. The fourth-order valence-electron chi connectivity index (χ4n) is 8.10. The Balaban J connectivity index is 1.14. The van der Waals surface area contributed by atoms with Crippen molar-refractivity contribution in [2.24, 2.45) is 0 Å². The predicted molar refractivity (Wildman–Crippen MR) is 180 cm³/mol. The van der Waals surface area contributed by atoms with Gasteiger partial charge in [0.2, 0.25) is 0 Å². The molecule has 9 nitrogen and oxygen atoms in total. The molecule has 4 fully saturated rings. The van der Waals surface area contributed by atoms with Crippen LogP contribution in [0.4, 0.5) is 5.69 Å². The van der Waals surface area contributed by atoms with E-state index in [9.17, 15) is 10.1 Å². The zero-order chi connectivity index (χ0) is 31.8. The third-order valence-corrected chi connectivity index (χ3v) is 11.1. The molecule has 0 saturated carbocycles. The first-order chi connectivity index (χ1) is 22.3.